The summed E-state index contributed by atoms with van der Waals surface area (Å²) in [6, 6.07) is 5.81. The number of amides is 2. The van der Waals surface area contributed by atoms with Gasteiger partial charge in [0.05, 0.1) is 17.0 Å². The fourth-order valence-corrected chi connectivity index (χ4v) is 3.55. The van der Waals surface area contributed by atoms with Gasteiger partial charge in [0, 0.05) is 18.7 Å². The first kappa shape index (κ1) is 24.7. The van der Waals surface area contributed by atoms with Crippen molar-refractivity contribution < 1.29 is 37.8 Å². The van der Waals surface area contributed by atoms with Gasteiger partial charge in [-0.05, 0) is 24.6 Å². The molecule has 0 unspecified atom stereocenters. The van der Waals surface area contributed by atoms with Gasteiger partial charge in [-0.3, -0.25) is 9.59 Å². The van der Waals surface area contributed by atoms with E-state index < -0.39 is 36.2 Å². The zero-order chi connectivity index (χ0) is 23.7. The highest BCUT2D eigenvalue weighted by molar-refractivity contribution is 7.18. The standard InChI is InChI=1S/C21H21FN2O7S/c1-12-17(21(28)30-10-9-29-2)20(32-18(12)19(23)27)24-15(25)11-31-16(26)8-7-13-5-3-4-6-14(13)22/h3-8H,9-11H2,1-2H3,(H2,23,27)(H,24,25)/b8-7+. The van der Waals surface area contributed by atoms with Crippen LogP contribution in [0, 0.1) is 12.7 Å². The number of anilines is 1. The van der Waals surface area contributed by atoms with Crippen LogP contribution >= 0.6 is 11.3 Å². The third-order valence-electron chi connectivity index (χ3n) is 4.00. The molecule has 170 valence electrons. The van der Waals surface area contributed by atoms with Gasteiger partial charge in [0.1, 0.15) is 17.4 Å². The maximum atomic E-state index is 13.5. The highest BCUT2D eigenvalue weighted by Crippen LogP contribution is 2.33. The molecule has 1 heterocycles. The van der Waals surface area contributed by atoms with E-state index in [4.69, 9.17) is 19.9 Å². The Labute approximate surface area is 186 Å². The Balaban J connectivity index is 2.04. The van der Waals surface area contributed by atoms with Crippen LogP contribution in [-0.4, -0.2) is 50.7 Å². The number of nitrogens with one attached hydrogen (secondary N) is 1. The molecule has 2 rings (SSSR count). The largest absolute Gasteiger partial charge is 0.460 e. The molecule has 1 aromatic carbocycles. The molecule has 0 bridgehead atoms. The molecular weight excluding hydrogens is 443 g/mol. The maximum Gasteiger partial charge on any atom is 0.341 e. The second-order valence-electron chi connectivity index (χ2n) is 6.26. The zero-order valence-corrected chi connectivity index (χ0v) is 18.1. The van der Waals surface area contributed by atoms with Crippen molar-refractivity contribution >= 4 is 46.2 Å². The summed E-state index contributed by atoms with van der Waals surface area (Å²) < 4.78 is 28.2. The van der Waals surface area contributed by atoms with E-state index in [1.54, 1.807) is 6.07 Å². The van der Waals surface area contributed by atoms with Crippen LogP contribution in [0.1, 0.15) is 31.2 Å². The first-order valence-electron chi connectivity index (χ1n) is 9.23. The number of carbonyl (C=O) groups is 4. The number of nitrogens with two attached hydrogens (primary N) is 1. The molecule has 0 aliphatic carbocycles. The molecule has 0 radical (unpaired) electrons. The number of thiophene rings is 1. The molecule has 2 aromatic rings. The molecule has 1 aromatic heterocycles. The van der Waals surface area contributed by atoms with Crippen molar-refractivity contribution in [3.63, 3.8) is 0 Å². The minimum absolute atomic E-state index is 0.0287. The monoisotopic (exact) mass is 464 g/mol. The van der Waals surface area contributed by atoms with E-state index in [-0.39, 0.29) is 39.8 Å². The van der Waals surface area contributed by atoms with E-state index in [9.17, 15) is 23.6 Å². The fraction of sp³-hybridized carbons (Fsp3) is 0.238. The number of primary amides is 1. The summed E-state index contributed by atoms with van der Waals surface area (Å²) in [6.07, 6.45) is 2.19. The number of carbonyl (C=O) groups excluding carboxylic acids is 4. The second kappa shape index (κ2) is 11.7. The number of halogens is 1. The molecule has 0 aliphatic rings. The van der Waals surface area contributed by atoms with Gasteiger partial charge in [0.2, 0.25) is 0 Å². The Morgan fingerprint density at radius 2 is 1.88 bits per heavy atom. The summed E-state index contributed by atoms with van der Waals surface area (Å²) in [5, 5.41) is 2.44. The maximum absolute atomic E-state index is 13.5. The van der Waals surface area contributed by atoms with Crippen molar-refractivity contribution in [2.24, 2.45) is 5.73 Å². The Morgan fingerprint density at radius 1 is 1.16 bits per heavy atom. The van der Waals surface area contributed by atoms with Crippen LogP contribution in [0.4, 0.5) is 9.39 Å². The molecule has 0 spiro atoms. The first-order chi connectivity index (χ1) is 15.2. The molecule has 0 fully saturated rings. The van der Waals surface area contributed by atoms with E-state index in [0.717, 1.165) is 17.4 Å². The summed E-state index contributed by atoms with van der Waals surface area (Å²) in [6.45, 7) is 0.944. The van der Waals surface area contributed by atoms with E-state index in [1.807, 2.05) is 0 Å². The average Bonchev–Trinajstić information content (AvgIpc) is 3.07. The van der Waals surface area contributed by atoms with Gasteiger partial charge in [-0.2, -0.15) is 0 Å². The highest BCUT2D eigenvalue weighted by atomic mass is 32.1. The number of methoxy groups -OCH3 is 1. The predicted octanol–water partition coefficient (Wildman–Crippen LogP) is 2.29. The third-order valence-corrected chi connectivity index (χ3v) is 5.22. The van der Waals surface area contributed by atoms with Crippen LogP contribution in [0.25, 0.3) is 6.08 Å². The normalized spacial score (nSPS) is 10.7. The number of benzene rings is 1. The Kier molecular flexibility index (Phi) is 9.05. The smallest absolute Gasteiger partial charge is 0.341 e. The summed E-state index contributed by atoms with van der Waals surface area (Å²) in [5.41, 5.74) is 5.73. The minimum atomic E-state index is -0.872. The quantitative estimate of drug-likeness (QED) is 0.313. The van der Waals surface area contributed by atoms with Gasteiger partial charge in [-0.15, -0.1) is 11.3 Å². The molecule has 0 atom stereocenters. The number of esters is 2. The van der Waals surface area contributed by atoms with Gasteiger partial charge >= 0.3 is 11.9 Å². The molecule has 0 saturated carbocycles. The highest BCUT2D eigenvalue weighted by Gasteiger charge is 2.26. The number of ether oxygens (including phenoxy) is 3. The van der Waals surface area contributed by atoms with Crippen molar-refractivity contribution in [2.75, 3.05) is 32.2 Å². The molecule has 3 N–H and O–H groups in total. The molecule has 2 amide bonds. The Bertz CT molecular complexity index is 1050. The Hall–Kier alpha value is -3.57. The lowest BCUT2D eigenvalue weighted by molar-refractivity contribution is -0.142. The van der Waals surface area contributed by atoms with Gasteiger partial charge < -0.3 is 25.3 Å². The average molecular weight is 464 g/mol. The van der Waals surface area contributed by atoms with Crippen molar-refractivity contribution in [1.82, 2.24) is 0 Å². The Morgan fingerprint density at radius 3 is 2.53 bits per heavy atom. The van der Waals surface area contributed by atoms with Crippen LogP contribution in [0.3, 0.4) is 0 Å². The third kappa shape index (κ3) is 6.72. The van der Waals surface area contributed by atoms with E-state index in [2.05, 4.69) is 5.32 Å². The molecule has 0 aliphatic heterocycles. The number of rotatable bonds is 10. The lowest BCUT2D eigenvalue weighted by Crippen LogP contribution is -2.21. The van der Waals surface area contributed by atoms with Crippen molar-refractivity contribution in [3.05, 3.63) is 57.7 Å². The SMILES string of the molecule is COCCOC(=O)c1c(NC(=O)COC(=O)/C=C/c2ccccc2F)sc(C(N)=O)c1C. The fourth-order valence-electron chi connectivity index (χ4n) is 2.49. The summed E-state index contributed by atoms with van der Waals surface area (Å²) >= 11 is 0.799. The predicted molar refractivity (Wildman–Crippen MR) is 115 cm³/mol. The molecule has 9 nitrogen and oxygen atoms in total. The number of hydrogen-bond acceptors (Lipinski definition) is 8. The topological polar surface area (TPSA) is 134 Å². The lowest BCUT2D eigenvalue weighted by atomic mass is 10.1. The van der Waals surface area contributed by atoms with E-state index in [0.29, 0.717) is 0 Å². The zero-order valence-electron chi connectivity index (χ0n) is 17.3. The molecule has 32 heavy (non-hydrogen) atoms. The van der Waals surface area contributed by atoms with Crippen LogP contribution in [0.5, 0.6) is 0 Å². The summed E-state index contributed by atoms with van der Waals surface area (Å²) in [5.74, 6) is -3.70. The van der Waals surface area contributed by atoms with Gasteiger partial charge in [-0.25, -0.2) is 14.0 Å². The summed E-state index contributed by atoms with van der Waals surface area (Å²) in [7, 11) is 1.44. The van der Waals surface area contributed by atoms with Crippen LogP contribution in [-0.2, 0) is 23.8 Å². The first-order valence-corrected chi connectivity index (χ1v) is 10.0. The molecule has 11 heteroatoms. The lowest BCUT2D eigenvalue weighted by Gasteiger charge is -2.08. The van der Waals surface area contributed by atoms with E-state index >= 15 is 0 Å². The number of hydrogen-bond donors (Lipinski definition) is 2. The summed E-state index contributed by atoms with van der Waals surface area (Å²) in [4.78, 5) is 48.1. The van der Waals surface area contributed by atoms with Crippen molar-refractivity contribution in [1.29, 1.82) is 0 Å². The molecule has 0 saturated heterocycles. The van der Waals surface area contributed by atoms with Crippen LogP contribution < -0.4 is 11.1 Å². The molecular formula is C21H21FN2O7S. The van der Waals surface area contributed by atoms with Gasteiger partial charge in [0.15, 0.2) is 6.61 Å². The van der Waals surface area contributed by atoms with E-state index in [1.165, 1.54) is 38.3 Å². The van der Waals surface area contributed by atoms with Crippen molar-refractivity contribution in [2.45, 2.75) is 6.92 Å². The van der Waals surface area contributed by atoms with Crippen LogP contribution in [0.15, 0.2) is 30.3 Å². The van der Waals surface area contributed by atoms with Crippen LogP contribution in [0.2, 0.25) is 0 Å². The van der Waals surface area contributed by atoms with Gasteiger partial charge in [-0.1, -0.05) is 18.2 Å². The minimum Gasteiger partial charge on any atom is -0.460 e. The van der Waals surface area contributed by atoms with Gasteiger partial charge in [0.25, 0.3) is 11.8 Å². The second-order valence-corrected chi connectivity index (χ2v) is 7.28. The van der Waals surface area contributed by atoms with Crippen molar-refractivity contribution in [3.8, 4) is 0 Å².